The Morgan fingerprint density at radius 2 is 2.08 bits per heavy atom. The number of nitrogens with zero attached hydrogens (tertiary/aromatic N) is 1. The van der Waals surface area contributed by atoms with Crippen molar-refractivity contribution in [2.24, 2.45) is 5.41 Å². The van der Waals surface area contributed by atoms with Crippen LogP contribution in [0.1, 0.15) is 40.0 Å². The van der Waals surface area contributed by atoms with Gasteiger partial charge in [-0.2, -0.15) is 0 Å². The van der Waals surface area contributed by atoms with Gasteiger partial charge >= 0.3 is 5.97 Å². The van der Waals surface area contributed by atoms with Crippen molar-refractivity contribution in [1.82, 2.24) is 5.32 Å². The van der Waals surface area contributed by atoms with E-state index < -0.39 is 5.41 Å². The van der Waals surface area contributed by atoms with Gasteiger partial charge < -0.3 is 4.74 Å². The molecule has 1 heterocycles. The van der Waals surface area contributed by atoms with E-state index in [2.05, 4.69) is 5.32 Å². The number of rotatable bonds is 1. The average molecular weight is 184 g/mol. The van der Waals surface area contributed by atoms with E-state index in [9.17, 15) is 4.79 Å². The normalized spacial score (nSPS) is 24.1. The van der Waals surface area contributed by atoms with Gasteiger partial charge in [0, 0.05) is 6.54 Å². The van der Waals surface area contributed by atoms with Crippen molar-refractivity contribution >= 4 is 5.97 Å². The summed E-state index contributed by atoms with van der Waals surface area (Å²) in [5.74, 6) is -0.150. The van der Waals surface area contributed by atoms with E-state index in [1.54, 1.807) is 0 Å². The van der Waals surface area contributed by atoms with Crippen LogP contribution < -0.4 is 5.32 Å². The maximum atomic E-state index is 11.5. The fourth-order valence-corrected chi connectivity index (χ4v) is 1.15. The van der Waals surface area contributed by atoms with Gasteiger partial charge in [0.2, 0.25) is 0 Å². The Balaban J connectivity index is 2.35. The third-order valence-electron chi connectivity index (χ3n) is 2.05. The third kappa shape index (κ3) is 3.35. The van der Waals surface area contributed by atoms with Crippen LogP contribution >= 0.6 is 0 Å². The lowest BCUT2D eigenvalue weighted by Crippen LogP contribution is -2.36. The smallest absolute Gasteiger partial charge is 0.312 e. The first kappa shape index (κ1) is 10.5. The molecule has 0 N–H and O–H groups in total. The second-order valence-electron chi connectivity index (χ2n) is 4.51. The molecule has 1 rings (SSSR count). The molecule has 0 aliphatic carbocycles. The van der Waals surface area contributed by atoms with Gasteiger partial charge in [-0.05, 0) is 40.0 Å². The molecule has 0 aromatic carbocycles. The number of hydrogen-bond acceptors (Lipinski definition) is 2. The number of hydrogen-bond donors (Lipinski definition) is 0. The van der Waals surface area contributed by atoms with Crippen LogP contribution in [0.15, 0.2) is 0 Å². The zero-order chi connectivity index (χ0) is 9.90. The molecule has 1 fully saturated rings. The molecule has 1 atom stereocenters. The molecule has 3 heteroatoms. The van der Waals surface area contributed by atoms with Gasteiger partial charge in [0.1, 0.15) is 0 Å². The summed E-state index contributed by atoms with van der Waals surface area (Å²) in [6.07, 6.45) is 2.96. The Hall–Kier alpha value is -0.570. The first-order valence-electron chi connectivity index (χ1n) is 4.88. The van der Waals surface area contributed by atoms with Crippen LogP contribution in [0.4, 0.5) is 0 Å². The lowest BCUT2D eigenvalue weighted by Gasteiger charge is -2.25. The molecule has 0 bridgehead atoms. The maximum absolute atomic E-state index is 11.5. The summed E-state index contributed by atoms with van der Waals surface area (Å²) in [4.78, 5) is 11.5. The van der Waals surface area contributed by atoms with Gasteiger partial charge in [0.15, 0.2) is 6.23 Å². The van der Waals surface area contributed by atoms with Crippen LogP contribution in [0.2, 0.25) is 0 Å². The van der Waals surface area contributed by atoms with Crippen molar-refractivity contribution < 1.29 is 9.53 Å². The second-order valence-corrected chi connectivity index (χ2v) is 4.51. The van der Waals surface area contributed by atoms with Crippen molar-refractivity contribution in [2.45, 2.75) is 46.3 Å². The van der Waals surface area contributed by atoms with Crippen LogP contribution in [0.5, 0.6) is 0 Å². The highest BCUT2D eigenvalue weighted by Crippen LogP contribution is 2.18. The van der Waals surface area contributed by atoms with Crippen LogP contribution in [-0.2, 0) is 9.53 Å². The predicted octanol–water partition coefficient (Wildman–Crippen LogP) is 1.69. The summed E-state index contributed by atoms with van der Waals surface area (Å²) in [6, 6.07) is 0. The van der Waals surface area contributed by atoms with E-state index in [0.29, 0.717) is 0 Å². The first-order chi connectivity index (χ1) is 6.00. The fraction of sp³-hybridized carbons (Fsp3) is 0.900. The number of ether oxygens (including phenoxy) is 1. The minimum atomic E-state index is -0.410. The fourth-order valence-electron chi connectivity index (χ4n) is 1.15. The molecule has 0 aromatic heterocycles. The molecule has 0 amide bonds. The van der Waals surface area contributed by atoms with E-state index in [0.717, 1.165) is 25.8 Å². The number of piperidine rings is 1. The molecule has 1 aliphatic heterocycles. The van der Waals surface area contributed by atoms with Crippen molar-refractivity contribution in [1.29, 1.82) is 0 Å². The SMILES string of the molecule is CC(C)(C)C(=O)OC1CCCC[N]1. The lowest BCUT2D eigenvalue weighted by atomic mass is 9.97. The Kier molecular flexibility index (Phi) is 3.31. The largest absolute Gasteiger partial charge is 0.445 e. The zero-order valence-corrected chi connectivity index (χ0v) is 8.67. The zero-order valence-electron chi connectivity index (χ0n) is 8.67. The maximum Gasteiger partial charge on any atom is 0.312 e. The minimum absolute atomic E-state index is 0.150. The predicted molar refractivity (Wildman–Crippen MR) is 50.2 cm³/mol. The van der Waals surface area contributed by atoms with Crippen LogP contribution in [0.25, 0.3) is 0 Å². The molecule has 1 saturated heterocycles. The van der Waals surface area contributed by atoms with E-state index in [4.69, 9.17) is 4.74 Å². The molecule has 3 nitrogen and oxygen atoms in total. The first-order valence-corrected chi connectivity index (χ1v) is 4.88. The highest BCUT2D eigenvalue weighted by Gasteiger charge is 2.27. The van der Waals surface area contributed by atoms with Gasteiger partial charge in [-0.15, -0.1) is 0 Å². The quantitative estimate of drug-likeness (QED) is 0.582. The van der Waals surface area contributed by atoms with Gasteiger partial charge in [-0.25, -0.2) is 5.32 Å². The summed E-state index contributed by atoms with van der Waals surface area (Å²) in [5.41, 5.74) is -0.410. The Morgan fingerprint density at radius 3 is 2.54 bits per heavy atom. The highest BCUT2D eigenvalue weighted by atomic mass is 16.6. The van der Waals surface area contributed by atoms with E-state index in [1.165, 1.54) is 0 Å². The summed E-state index contributed by atoms with van der Waals surface area (Å²) in [7, 11) is 0. The highest BCUT2D eigenvalue weighted by molar-refractivity contribution is 5.75. The van der Waals surface area contributed by atoms with Gasteiger partial charge in [0.05, 0.1) is 5.41 Å². The molecule has 0 aromatic rings. The summed E-state index contributed by atoms with van der Waals surface area (Å²) >= 11 is 0. The molecule has 1 unspecified atom stereocenters. The molecule has 1 aliphatic rings. The molecular formula is C10H18NO2. The van der Waals surface area contributed by atoms with E-state index in [1.807, 2.05) is 20.8 Å². The number of carbonyl (C=O) groups is 1. The molecule has 1 radical (unpaired) electrons. The van der Waals surface area contributed by atoms with Crippen molar-refractivity contribution in [2.75, 3.05) is 6.54 Å². The van der Waals surface area contributed by atoms with Gasteiger partial charge in [-0.1, -0.05) is 0 Å². The third-order valence-corrected chi connectivity index (χ3v) is 2.05. The van der Waals surface area contributed by atoms with E-state index >= 15 is 0 Å². The van der Waals surface area contributed by atoms with Crippen LogP contribution in [0, 0.1) is 5.41 Å². The van der Waals surface area contributed by atoms with Crippen molar-refractivity contribution in [3.63, 3.8) is 0 Å². The van der Waals surface area contributed by atoms with Crippen molar-refractivity contribution in [3.8, 4) is 0 Å². The summed E-state index contributed by atoms with van der Waals surface area (Å²) in [6.45, 7) is 6.41. The molecule has 13 heavy (non-hydrogen) atoms. The van der Waals surface area contributed by atoms with Crippen molar-refractivity contribution in [3.05, 3.63) is 0 Å². The standard InChI is InChI=1S/C10H18NO2/c1-10(2,3)9(12)13-8-6-4-5-7-11-8/h8H,4-7H2,1-3H3. The summed E-state index contributed by atoms with van der Waals surface area (Å²) in [5, 5.41) is 4.24. The minimum Gasteiger partial charge on any atom is -0.445 e. The van der Waals surface area contributed by atoms with Crippen LogP contribution in [-0.4, -0.2) is 18.7 Å². The topological polar surface area (TPSA) is 40.4 Å². The molecule has 0 spiro atoms. The summed E-state index contributed by atoms with van der Waals surface area (Å²) < 4.78 is 5.25. The lowest BCUT2D eigenvalue weighted by molar-refractivity contribution is -0.161. The monoisotopic (exact) mass is 184 g/mol. The molecule has 75 valence electrons. The van der Waals surface area contributed by atoms with Gasteiger partial charge in [0.25, 0.3) is 0 Å². The second kappa shape index (κ2) is 4.09. The number of carbonyl (C=O) groups excluding carboxylic acids is 1. The average Bonchev–Trinajstić information content (AvgIpc) is 2.04. The Bertz CT molecular complexity index is 178. The van der Waals surface area contributed by atoms with Gasteiger partial charge in [-0.3, -0.25) is 4.79 Å². The molecule has 0 saturated carbocycles. The van der Waals surface area contributed by atoms with E-state index in [-0.39, 0.29) is 12.2 Å². The Labute approximate surface area is 79.8 Å². The van der Waals surface area contributed by atoms with Crippen LogP contribution in [0.3, 0.4) is 0 Å². The number of esters is 1. The Morgan fingerprint density at radius 1 is 1.38 bits per heavy atom. The molecular weight excluding hydrogens is 166 g/mol.